The quantitative estimate of drug-likeness (QED) is 0.168. The molecule has 2 aromatic heterocycles. The van der Waals surface area contributed by atoms with E-state index in [1.54, 1.807) is 18.2 Å². The minimum Gasteiger partial charge on any atom is -0.339 e. The van der Waals surface area contributed by atoms with Gasteiger partial charge in [0.05, 0.1) is 5.52 Å². The topological polar surface area (TPSA) is 64.3 Å². The first-order valence-electron chi connectivity index (χ1n) is 12.5. The lowest BCUT2D eigenvalue weighted by atomic mass is 9.84. The number of aryl methyl sites for hydroxylation is 1. The molecule has 1 aromatic carbocycles. The van der Waals surface area contributed by atoms with E-state index < -0.39 is 0 Å². The first kappa shape index (κ1) is 31.8. The number of nitroso groups, excluding NO2 is 1. The van der Waals surface area contributed by atoms with E-state index in [0.717, 1.165) is 17.5 Å². The van der Waals surface area contributed by atoms with Gasteiger partial charge in [0.2, 0.25) is 0 Å². The maximum atomic E-state index is 10.0. The van der Waals surface area contributed by atoms with Gasteiger partial charge in [0, 0.05) is 34.2 Å². The zero-order valence-corrected chi connectivity index (χ0v) is 23.4. The number of nitrogens with zero attached hydrogens (tertiary/aromatic N) is 3. The number of aromatic nitrogens is 2. The van der Waals surface area contributed by atoms with Gasteiger partial charge >= 0.3 is 0 Å². The van der Waals surface area contributed by atoms with E-state index in [-0.39, 0.29) is 11.1 Å². The first-order chi connectivity index (χ1) is 16.5. The number of allylic oxidation sites excluding steroid dienone is 1. The van der Waals surface area contributed by atoms with Gasteiger partial charge in [-0.3, -0.25) is 4.68 Å². The van der Waals surface area contributed by atoms with Crippen LogP contribution in [0, 0.1) is 4.91 Å². The Morgan fingerprint density at radius 2 is 1.71 bits per heavy atom. The van der Waals surface area contributed by atoms with Crippen LogP contribution in [0.25, 0.3) is 16.6 Å². The fourth-order valence-corrected chi connectivity index (χ4v) is 3.63. The van der Waals surface area contributed by atoms with E-state index in [2.05, 4.69) is 77.2 Å². The summed E-state index contributed by atoms with van der Waals surface area (Å²) in [5.41, 5.74) is 4.89. The minimum absolute atomic E-state index is 0.126. The van der Waals surface area contributed by atoms with Crippen LogP contribution in [0.3, 0.4) is 0 Å². The van der Waals surface area contributed by atoms with Gasteiger partial charge in [-0.15, -0.1) is 11.5 Å². The molecule has 0 saturated heterocycles. The van der Waals surface area contributed by atoms with E-state index in [1.807, 2.05) is 49.5 Å². The van der Waals surface area contributed by atoms with Gasteiger partial charge in [-0.2, -0.15) is 0 Å². The summed E-state index contributed by atoms with van der Waals surface area (Å²) in [4.78, 5) is 10.0. The molecule has 0 aliphatic heterocycles. The lowest BCUT2D eigenvalue weighted by Gasteiger charge is -2.24. The summed E-state index contributed by atoms with van der Waals surface area (Å²) in [5, 5.41) is 3.99. The van der Waals surface area contributed by atoms with Gasteiger partial charge in [0.15, 0.2) is 12.4 Å². The third-order valence-corrected chi connectivity index (χ3v) is 5.52. The monoisotopic (exact) mass is 479 g/mol. The van der Waals surface area contributed by atoms with Crippen molar-refractivity contribution in [1.29, 1.82) is 0 Å². The Hall–Kier alpha value is -3.21. The highest BCUT2D eigenvalue weighted by Gasteiger charge is 2.24. The molecule has 2 N–H and O–H groups in total. The molecule has 0 atom stereocenters. The Morgan fingerprint density at radius 3 is 2.17 bits per heavy atom. The van der Waals surface area contributed by atoms with Crippen LogP contribution in [0.15, 0.2) is 73.2 Å². The summed E-state index contributed by atoms with van der Waals surface area (Å²) in [6.07, 6.45) is 7.75. The zero-order chi connectivity index (χ0) is 27.2. The fourth-order valence-electron chi connectivity index (χ4n) is 3.63. The largest absolute Gasteiger partial charge is 0.339 e. The van der Waals surface area contributed by atoms with Gasteiger partial charge in [-0.05, 0) is 48.2 Å². The van der Waals surface area contributed by atoms with Crippen LogP contribution in [0.5, 0.6) is 0 Å². The molecular weight excluding hydrogens is 432 g/mol. The molecule has 35 heavy (non-hydrogen) atoms. The van der Waals surface area contributed by atoms with E-state index >= 15 is 0 Å². The maximum absolute atomic E-state index is 10.0. The highest BCUT2D eigenvalue weighted by molar-refractivity contribution is 5.82. The molecule has 0 radical (unpaired) electrons. The SMILES string of the molecule is C=C(N=O)c1cc[n+](C)cc1.C=CC.CC.CCCC(C)(C)c1cc2cc(C(C)C)ccc2n1N. The third kappa shape index (κ3) is 9.51. The van der Waals surface area contributed by atoms with E-state index in [9.17, 15) is 4.91 Å². The van der Waals surface area contributed by atoms with Crippen molar-refractivity contribution in [3.05, 3.63) is 89.8 Å². The molecule has 0 saturated carbocycles. The number of pyridine rings is 1. The molecule has 3 rings (SSSR count). The number of hydrogen-bond acceptors (Lipinski definition) is 3. The maximum Gasteiger partial charge on any atom is 0.169 e. The van der Waals surface area contributed by atoms with Gasteiger partial charge in [-0.25, -0.2) is 4.57 Å². The second kappa shape index (κ2) is 15.6. The Labute approximate surface area is 213 Å². The average molecular weight is 480 g/mol. The van der Waals surface area contributed by atoms with Crippen LogP contribution < -0.4 is 10.4 Å². The van der Waals surface area contributed by atoms with Crippen molar-refractivity contribution in [2.75, 3.05) is 5.84 Å². The summed E-state index contributed by atoms with van der Waals surface area (Å²) in [5.74, 6) is 6.85. The second-order valence-corrected chi connectivity index (χ2v) is 9.20. The van der Waals surface area contributed by atoms with Crippen LogP contribution >= 0.6 is 0 Å². The van der Waals surface area contributed by atoms with Gasteiger partial charge < -0.3 is 5.84 Å². The summed E-state index contributed by atoms with van der Waals surface area (Å²) in [7, 11) is 1.90. The van der Waals surface area contributed by atoms with Gasteiger partial charge in [-0.1, -0.05) is 73.6 Å². The Kier molecular flexibility index (Phi) is 14.2. The number of fused-ring (bicyclic) bond motifs is 1. The second-order valence-electron chi connectivity index (χ2n) is 9.20. The standard InChI is InChI=1S/C17H26N2.C8H9N2O.C3H6.C2H6/c1-6-9-17(4,5)16-11-14-10-13(12(2)3)7-8-15(14)19(16)18;1-7(9-11)8-3-5-10(2)6-4-8;1-3-2;1-2/h7-8,10-12H,6,9,18H2,1-5H3;3-6H,1H2,2H3;3H,1H2,2H3;1-2H3/q;+1;;. The minimum atomic E-state index is 0.126. The molecule has 0 amide bonds. The van der Waals surface area contributed by atoms with Crippen LogP contribution in [-0.2, 0) is 12.5 Å². The lowest BCUT2D eigenvalue weighted by Crippen LogP contribution is -2.25. The summed E-state index contributed by atoms with van der Waals surface area (Å²) >= 11 is 0. The van der Waals surface area contributed by atoms with Crippen molar-refractivity contribution in [2.24, 2.45) is 12.2 Å². The van der Waals surface area contributed by atoms with Crippen molar-refractivity contribution in [3.63, 3.8) is 0 Å². The molecule has 0 fully saturated rings. The van der Waals surface area contributed by atoms with Crippen molar-refractivity contribution in [3.8, 4) is 0 Å². The molecule has 0 spiro atoms. The van der Waals surface area contributed by atoms with Crippen LogP contribution in [0.4, 0.5) is 0 Å². The molecule has 5 heteroatoms. The summed E-state index contributed by atoms with van der Waals surface area (Å²) < 4.78 is 3.75. The van der Waals surface area contributed by atoms with Crippen molar-refractivity contribution < 1.29 is 4.57 Å². The van der Waals surface area contributed by atoms with Gasteiger partial charge in [0.25, 0.3) is 0 Å². The number of rotatable bonds is 6. The normalized spacial score (nSPS) is 10.2. The Balaban J connectivity index is 0.000000612. The molecule has 0 unspecified atom stereocenters. The number of hydrogen-bond donors (Lipinski definition) is 1. The van der Waals surface area contributed by atoms with Crippen LogP contribution in [0.1, 0.15) is 91.0 Å². The van der Waals surface area contributed by atoms with Crippen molar-refractivity contribution >= 4 is 16.6 Å². The summed E-state index contributed by atoms with van der Waals surface area (Å²) in [6.45, 7) is 24.0. The highest BCUT2D eigenvalue weighted by atomic mass is 16.3. The predicted molar refractivity (Wildman–Crippen MR) is 154 cm³/mol. The molecule has 0 aliphatic carbocycles. The average Bonchev–Trinajstić information content (AvgIpc) is 3.18. The smallest absolute Gasteiger partial charge is 0.169 e. The van der Waals surface area contributed by atoms with Crippen molar-refractivity contribution in [1.82, 2.24) is 4.68 Å². The molecule has 2 heterocycles. The van der Waals surface area contributed by atoms with E-state index in [4.69, 9.17) is 5.84 Å². The number of nitrogens with two attached hydrogens (primary N) is 1. The predicted octanol–water partition coefficient (Wildman–Crippen LogP) is 8.02. The van der Waals surface area contributed by atoms with Crippen LogP contribution in [0.2, 0.25) is 0 Å². The molecule has 5 nitrogen and oxygen atoms in total. The Bertz CT molecular complexity index is 1060. The fraction of sp³-hybridized carbons (Fsp3) is 0.433. The number of benzene rings is 1. The molecule has 3 aromatic rings. The van der Waals surface area contributed by atoms with E-state index in [1.165, 1.54) is 23.1 Å². The summed E-state index contributed by atoms with van der Waals surface area (Å²) in [6, 6.07) is 12.5. The first-order valence-corrected chi connectivity index (χ1v) is 12.5. The van der Waals surface area contributed by atoms with Crippen LogP contribution in [-0.4, -0.2) is 4.68 Å². The van der Waals surface area contributed by atoms with E-state index in [0.29, 0.717) is 5.92 Å². The Morgan fingerprint density at radius 1 is 1.17 bits per heavy atom. The number of nitrogen functional groups attached to an aromatic ring is 1. The highest BCUT2D eigenvalue weighted by Crippen LogP contribution is 2.32. The molecule has 0 bridgehead atoms. The third-order valence-electron chi connectivity index (χ3n) is 5.52. The van der Waals surface area contributed by atoms with Crippen molar-refractivity contribution in [2.45, 2.75) is 79.6 Å². The lowest BCUT2D eigenvalue weighted by molar-refractivity contribution is -0.671. The zero-order valence-electron chi connectivity index (χ0n) is 23.4. The van der Waals surface area contributed by atoms with Gasteiger partial charge in [0.1, 0.15) is 12.7 Å². The molecular formula is C30H47N4O+. The molecule has 0 aliphatic rings. The molecule has 192 valence electrons.